The molecule has 0 aliphatic carbocycles. The van der Waals surface area contributed by atoms with Crippen LogP contribution in [0.5, 0.6) is 0 Å². The van der Waals surface area contributed by atoms with Gasteiger partial charge in [0.1, 0.15) is 5.82 Å². The number of hydrogen-bond acceptors (Lipinski definition) is 6. The van der Waals surface area contributed by atoms with E-state index in [0.717, 1.165) is 12.1 Å². The standard InChI is InChI=1S/C23H22N6O3/c30-14-13-28-21(25-18-10-5-4-9-17(18)22(28)31)20-11-6-12-27(20)23(32)19-15-24-29(26-19)16-7-2-1-3-8-16/h1-5,7-10,15,20,30H,6,11-14H2. The van der Waals surface area contributed by atoms with Crippen LogP contribution in [0.15, 0.2) is 65.6 Å². The van der Waals surface area contributed by atoms with Crippen molar-refractivity contribution in [3.63, 3.8) is 0 Å². The molecule has 0 saturated carbocycles. The average molecular weight is 430 g/mol. The predicted molar refractivity (Wildman–Crippen MR) is 117 cm³/mol. The number of aliphatic hydroxyl groups is 1. The van der Waals surface area contributed by atoms with Crippen LogP contribution in [0, 0.1) is 0 Å². The van der Waals surface area contributed by atoms with E-state index in [-0.39, 0.29) is 36.4 Å². The van der Waals surface area contributed by atoms with Crippen LogP contribution in [0.1, 0.15) is 35.2 Å². The number of hydrogen-bond donors (Lipinski definition) is 1. The van der Waals surface area contributed by atoms with Crippen LogP contribution in [-0.2, 0) is 6.54 Å². The number of para-hydroxylation sites is 2. The first-order chi connectivity index (χ1) is 15.7. The molecule has 0 radical (unpaired) electrons. The van der Waals surface area contributed by atoms with E-state index in [1.807, 2.05) is 36.4 Å². The second kappa shape index (κ2) is 8.35. The van der Waals surface area contributed by atoms with E-state index in [9.17, 15) is 14.7 Å². The monoisotopic (exact) mass is 430 g/mol. The van der Waals surface area contributed by atoms with Gasteiger partial charge in [-0.15, -0.1) is 5.10 Å². The minimum absolute atomic E-state index is 0.120. The van der Waals surface area contributed by atoms with E-state index >= 15 is 0 Å². The van der Waals surface area contributed by atoms with Gasteiger partial charge in [0.05, 0.1) is 42.0 Å². The molecule has 2 aromatic carbocycles. The number of benzene rings is 2. The fraction of sp³-hybridized carbons (Fsp3) is 0.261. The van der Waals surface area contributed by atoms with Crippen molar-refractivity contribution in [3.8, 4) is 5.69 Å². The molecule has 2 aromatic heterocycles. The largest absolute Gasteiger partial charge is 0.395 e. The molecule has 5 rings (SSSR count). The number of carbonyl (C=O) groups excluding carboxylic acids is 1. The molecule has 1 unspecified atom stereocenters. The van der Waals surface area contributed by atoms with Gasteiger partial charge in [-0.05, 0) is 37.1 Å². The molecule has 9 heteroatoms. The highest BCUT2D eigenvalue weighted by atomic mass is 16.3. The average Bonchev–Trinajstić information content (AvgIpc) is 3.51. The molecular formula is C23H22N6O3. The fourth-order valence-corrected chi connectivity index (χ4v) is 4.23. The second-order valence-corrected chi connectivity index (χ2v) is 7.68. The lowest BCUT2D eigenvalue weighted by Crippen LogP contribution is -2.36. The summed E-state index contributed by atoms with van der Waals surface area (Å²) in [6.07, 6.45) is 2.92. The van der Waals surface area contributed by atoms with Gasteiger partial charge in [0.25, 0.3) is 11.5 Å². The highest BCUT2D eigenvalue weighted by Gasteiger charge is 2.35. The molecule has 4 aromatic rings. The first-order valence-corrected chi connectivity index (χ1v) is 10.6. The minimum atomic E-state index is -0.381. The van der Waals surface area contributed by atoms with Crippen molar-refractivity contribution in [2.75, 3.05) is 13.2 Å². The Balaban J connectivity index is 1.52. The van der Waals surface area contributed by atoms with Crippen LogP contribution in [-0.4, -0.2) is 53.6 Å². The van der Waals surface area contributed by atoms with Crippen molar-refractivity contribution in [3.05, 3.63) is 82.7 Å². The number of rotatable bonds is 5. The van der Waals surface area contributed by atoms with Crippen LogP contribution in [0.25, 0.3) is 16.6 Å². The third-order valence-electron chi connectivity index (χ3n) is 5.72. The SMILES string of the molecule is O=C(c1cnn(-c2ccccc2)n1)N1CCCC1c1nc2ccccc2c(=O)n1CCO. The fourth-order valence-electron chi connectivity index (χ4n) is 4.23. The molecule has 1 aliphatic rings. The van der Waals surface area contributed by atoms with Crippen LogP contribution in [0.4, 0.5) is 0 Å². The van der Waals surface area contributed by atoms with Gasteiger partial charge in [0.15, 0.2) is 5.69 Å². The molecule has 1 atom stereocenters. The van der Waals surface area contributed by atoms with Crippen molar-refractivity contribution in [2.24, 2.45) is 0 Å². The van der Waals surface area contributed by atoms with Crippen molar-refractivity contribution >= 4 is 16.8 Å². The molecule has 0 spiro atoms. The molecule has 9 nitrogen and oxygen atoms in total. The second-order valence-electron chi connectivity index (χ2n) is 7.68. The minimum Gasteiger partial charge on any atom is -0.395 e. The van der Waals surface area contributed by atoms with E-state index in [1.165, 1.54) is 15.6 Å². The molecule has 162 valence electrons. The summed E-state index contributed by atoms with van der Waals surface area (Å²) in [5.74, 6) is 0.233. The van der Waals surface area contributed by atoms with Crippen molar-refractivity contribution in [2.45, 2.75) is 25.4 Å². The summed E-state index contributed by atoms with van der Waals surface area (Å²) in [4.78, 5) is 34.3. The summed E-state index contributed by atoms with van der Waals surface area (Å²) in [5, 5.41) is 18.6. The highest BCUT2D eigenvalue weighted by Crippen LogP contribution is 2.32. The molecule has 1 aliphatic heterocycles. The number of aromatic nitrogens is 5. The molecule has 3 heterocycles. The molecular weight excluding hydrogens is 408 g/mol. The highest BCUT2D eigenvalue weighted by molar-refractivity contribution is 5.92. The molecule has 1 fully saturated rings. The zero-order chi connectivity index (χ0) is 22.1. The maximum Gasteiger partial charge on any atom is 0.276 e. The third kappa shape index (κ3) is 3.46. The summed E-state index contributed by atoms with van der Waals surface area (Å²) in [5.41, 5.74) is 1.36. The summed E-state index contributed by atoms with van der Waals surface area (Å²) in [6, 6.07) is 16.1. The zero-order valence-electron chi connectivity index (χ0n) is 17.3. The summed E-state index contributed by atoms with van der Waals surface area (Å²) < 4.78 is 1.49. The Morgan fingerprint density at radius 1 is 1.09 bits per heavy atom. The third-order valence-corrected chi connectivity index (χ3v) is 5.72. The molecule has 32 heavy (non-hydrogen) atoms. The Kier molecular flexibility index (Phi) is 5.24. The van der Waals surface area contributed by atoms with Crippen molar-refractivity contribution in [1.82, 2.24) is 29.4 Å². The molecule has 1 N–H and O–H groups in total. The summed E-state index contributed by atoms with van der Waals surface area (Å²) in [7, 11) is 0. The lowest BCUT2D eigenvalue weighted by Gasteiger charge is -2.26. The van der Waals surface area contributed by atoms with Gasteiger partial charge < -0.3 is 10.0 Å². The van der Waals surface area contributed by atoms with E-state index < -0.39 is 0 Å². The van der Waals surface area contributed by atoms with Gasteiger partial charge in [-0.3, -0.25) is 14.2 Å². The van der Waals surface area contributed by atoms with Crippen molar-refractivity contribution in [1.29, 1.82) is 0 Å². The van der Waals surface area contributed by atoms with E-state index in [1.54, 1.807) is 23.1 Å². The molecule has 0 bridgehead atoms. The first kappa shape index (κ1) is 20.1. The lowest BCUT2D eigenvalue weighted by molar-refractivity contribution is 0.0719. The maximum absolute atomic E-state index is 13.3. The molecule has 1 amide bonds. The number of aliphatic hydroxyl groups excluding tert-OH is 1. The molecule has 1 saturated heterocycles. The smallest absolute Gasteiger partial charge is 0.276 e. The van der Waals surface area contributed by atoms with Crippen LogP contribution in [0.3, 0.4) is 0 Å². The summed E-state index contributed by atoms with van der Waals surface area (Å²) in [6.45, 7) is 0.456. The Hall–Kier alpha value is -3.85. The predicted octanol–water partition coefficient (Wildman–Crippen LogP) is 1.95. The number of carbonyl (C=O) groups is 1. The van der Waals surface area contributed by atoms with E-state index in [4.69, 9.17) is 4.98 Å². The van der Waals surface area contributed by atoms with Crippen LogP contribution in [0.2, 0.25) is 0 Å². The quantitative estimate of drug-likeness (QED) is 0.519. The summed E-state index contributed by atoms with van der Waals surface area (Å²) >= 11 is 0. The Bertz CT molecular complexity index is 1330. The van der Waals surface area contributed by atoms with Gasteiger partial charge in [-0.1, -0.05) is 30.3 Å². The number of nitrogens with zero attached hydrogens (tertiary/aromatic N) is 6. The Morgan fingerprint density at radius 3 is 2.69 bits per heavy atom. The van der Waals surface area contributed by atoms with Gasteiger partial charge in [-0.2, -0.15) is 9.90 Å². The number of amides is 1. The van der Waals surface area contributed by atoms with E-state index in [0.29, 0.717) is 29.7 Å². The van der Waals surface area contributed by atoms with Crippen LogP contribution < -0.4 is 5.56 Å². The number of fused-ring (bicyclic) bond motifs is 1. The van der Waals surface area contributed by atoms with Gasteiger partial charge in [0, 0.05) is 6.54 Å². The zero-order valence-corrected chi connectivity index (χ0v) is 17.3. The maximum atomic E-state index is 13.3. The lowest BCUT2D eigenvalue weighted by atomic mass is 10.1. The van der Waals surface area contributed by atoms with Crippen molar-refractivity contribution < 1.29 is 9.90 Å². The van der Waals surface area contributed by atoms with Gasteiger partial charge in [-0.25, -0.2) is 4.98 Å². The van der Waals surface area contributed by atoms with Gasteiger partial charge in [0.2, 0.25) is 0 Å². The Morgan fingerprint density at radius 2 is 1.88 bits per heavy atom. The normalized spacial score (nSPS) is 16.0. The van der Waals surface area contributed by atoms with Crippen LogP contribution >= 0.6 is 0 Å². The first-order valence-electron chi connectivity index (χ1n) is 10.6. The topological polar surface area (TPSA) is 106 Å². The number of likely N-dealkylation sites (tertiary alicyclic amines) is 1. The Labute approximate surface area is 183 Å². The van der Waals surface area contributed by atoms with E-state index in [2.05, 4.69) is 10.2 Å². The van der Waals surface area contributed by atoms with Gasteiger partial charge >= 0.3 is 0 Å².